The van der Waals surface area contributed by atoms with Crippen LogP contribution in [0.15, 0.2) is 132 Å². The van der Waals surface area contributed by atoms with Crippen LogP contribution in [0.3, 0.4) is 0 Å². The van der Waals surface area contributed by atoms with Crippen LogP contribution in [0.1, 0.15) is 92.1 Å². The van der Waals surface area contributed by atoms with Gasteiger partial charge >= 0.3 is 0 Å². The van der Waals surface area contributed by atoms with Crippen molar-refractivity contribution in [1.29, 1.82) is 0 Å². The van der Waals surface area contributed by atoms with Gasteiger partial charge in [0.15, 0.2) is 28.9 Å². The summed E-state index contributed by atoms with van der Waals surface area (Å²) in [4.78, 5) is 0. The molecule has 5 aromatic carbocycles. The monoisotopic (exact) mass is 777 g/mol. The quantitative estimate of drug-likeness (QED) is 0.126. The highest BCUT2D eigenvalue weighted by Gasteiger charge is 2.45. The molecule has 5 heterocycles. The van der Waals surface area contributed by atoms with Gasteiger partial charge in [-0.3, -0.25) is 0 Å². The molecule has 3 aromatic heterocycles. The van der Waals surface area contributed by atoms with Crippen molar-refractivity contribution in [2.45, 2.75) is 96.9 Å². The van der Waals surface area contributed by atoms with Crippen molar-refractivity contribution in [3.8, 4) is 22.6 Å². The minimum absolute atomic E-state index is 0.196. The van der Waals surface area contributed by atoms with Gasteiger partial charge in [-0.05, 0) is 76.8 Å². The number of aryl methyl sites for hydroxylation is 1. The first-order chi connectivity index (χ1) is 28.0. The third-order valence-electron chi connectivity index (χ3n) is 13.2. The normalized spacial score (nSPS) is 16.7. The summed E-state index contributed by atoms with van der Waals surface area (Å²) < 4.78 is 14.7. The zero-order chi connectivity index (χ0) is 40.0. The van der Waals surface area contributed by atoms with Crippen LogP contribution < -0.4 is 14.3 Å². The van der Waals surface area contributed by atoms with Crippen molar-refractivity contribution >= 4 is 51.9 Å². The fourth-order valence-corrected chi connectivity index (χ4v) is 12.1. The first kappa shape index (κ1) is 36.8. The van der Waals surface area contributed by atoms with Gasteiger partial charge in [-0.1, -0.05) is 139 Å². The number of allylic oxidation sites excluding steroid dienone is 1. The Morgan fingerprint density at radius 3 is 2.34 bits per heavy atom. The second-order valence-electron chi connectivity index (χ2n) is 18.6. The number of nitrogens with zero attached hydrogens (tertiary/aromatic N) is 3. The number of hydrogen-bond acceptors (Lipinski definition) is 1. The molecule has 58 heavy (non-hydrogen) atoms. The lowest BCUT2D eigenvalue weighted by molar-refractivity contribution is -0.716. The molecule has 2 aliphatic rings. The predicted octanol–water partition coefficient (Wildman–Crippen LogP) is 12.4. The second kappa shape index (κ2) is 13.8. The van der Waals surface area contributed by atoms with Crippen LogP contribution in [0.25, 0.3) is 61.3 Å². The van der Waals surface area contributed by atoms with Gasteiger partial charge in [-0.2, -0.15) is 9.13 Å². The Bertz CT molecular complexity index is 2920. The largest absolute Gasteiger partial charge is 0.455 e. The molecule has 4 nitrogen and oxygen atoms in total. The Labute approximate surface area is 344 Å². The highest BCUT2D eigenvalue weighted by Crippen LogP contribution is 2.48. The van der Waals surface area contributed by atoms with Crippen LogP contribution in [-0.4, -0.2) is 12.6 Å². The Hall–Kier alpha value is -5.52. The number of fused-ring (bicyclic) bond motifs is 15. The number of benzene rings is 5. The van der Waals surface area contributed by atoms with Crippen molar-refractivity contribution in [2.24, 2.45) is 0 Å². The van der Waals surface area contributed by atoms with E-state index in [0.717, 1.165) is 59.3 Å². The SMILES string of the molecule is C=C1CC2C(CCc3ccc4c(oc5ccccc54)c3-c3n1c1ccccc1[n+]3Cc1ccccc1)c1cc(C(C)C)ccc1-c1cc(C(C)C)c([Si](C)(C)C)c[n+]12. The summed E-state index contributed by atoms with van der Waals surface area (Å²) in [5.41, 5.74) is 16.3. The van der Waals surface area contributed by atoms with E-state index in [0.29, 0.717) is 17.8 Å². The van der Waals surface area contributed by atoms with Crippen molar-refractivity contribution < 1.29 is 13.6 Å². The molecule has 0 amide bonds. The molecular weight excluding hydrogens is 723 g/mol. The zero-order valence-corrected chi connectivity index (χ0v) is 36.1. The van der Waals surface area contributed by atoms with E-state index in [2.05, 4.69) is 182 Å². The number of pyridine rings is 1. The van der Waals surface area contributed by atoms with Crippen LogP contribution in [0.2, 0.25) is 19.6 Å². The van der Waals surface area contributed by atoms with Crippen molar-refractivity contribution in [2.75, 3.05) is 0 Å². The van der Waals surface area contributed by atoms with Gasteiger partial charge in [0.1, 0.15) is 23.4 Å². The van der Waals surface area contributed by atoms with E-state index in [-0.39, 0.29) is 6.04 Å². The lowest BCUT2D eigenvalue weighted by Gasteiger charge is -2.34. The van der Waals surface area contributed by atoms with Gasteiger partial charge in [-0.15, -0.1) is 0 Å². The highest BCUT2D eigenvalue weighted by atomic mass is 28.3. The van der Waals surface area contributed by atoms with Crippen LogP contribution in [0, 0.1) is 0 Å². The first-order valence-corrected chi connectivity index (χ1v) is 24.9. The molecule has 2 unspecified atom stereocenters. The standard InChI is InChI=1S/C53H55N3OSi/c1-33(2)38-24-26-40-44(29-38)39-25-22-37-23-27-42-41-18-12-15-21-49(41)57-52(42)51(37)53-55(31-36-16-10-9-11-17-36)45-19-13-14-20-46(45)56(53)35(5)28-47(39)54-32-50(58(6,7)8)43(34(3)4)30-48(40)54/h9-21,23-24,26-27,29-30,32-34,39,47H,5,22,25,28,31H2,1-4,6-8H3/q+2. The topological polar surface area (TPSA) is 25.8 Å². The molecule has 0 radical (unpaired) electrons. The minimum atomic E-state index is -1.71. The molecule has 0 bridgehead atoms. The molecule has 5 heteroatoms. The highest BCUT2D eigenvalue weighted by molar-refractivity contribution is 6.89. The van der Waals surface area contributed by atoms with Gasteiger partial charge in [0, 0.05) is 33.5 Å². The molecule has 0 saturated carbocycles. The number of hydrogen-bond donors (Lipinski definition) is 0. The van der Waals surface area contributed by atoms with Gasteiger partial charge in [0.25, 0.3) is 5.82 Å². The maximum absolute atomic E-state index is 6.98. The van der Waals surface area contributed by atoms with Crippen LogP contribution in [-0.2, 0) is 13.0 Å². The van der Waals surface area contributed by atoms with E-state index in [1.54, 1.807) is 5.19 Å². The van der Waals surface area contributed by atoms with Crippen molar-refractivity contribution in [3.05, 3.63) is 156 Å². The van der Waals surface area contributed by atoms with E-state index in [4.69, 9.17) is 11.0 Å². The Kier molecular flexibility index (Phi) is 8.76. The third kappa shape index (κ3) is 5.84. The molecule has 8 aromatic rings. The summed E-state index contributed by atoms with van der Waals surface area (Å²) in [6.07, 6.45) is 5.37. The maximum Gasteiger partial charge on any atom is 0.299 e. The average molecular weight is 778 g/mol. The molecule has 2 atom stereocenters. The molecule has 290 valence electrons. The summed E-state index contributed by atoms with van der Waals surface area (Å²) in [5, 5.41) is 3.88. The molecule has 0 aliphatic carbocycles. The van der Waals surface area contributed by atoms with Crippen LogP contribution in [0.4, 0.5) is 0 Å². The van der Waals surface area contributed by atoms with Crippen molar-refractivity contribution in [3.63, 3.8) is 0 Å². The van der Waals surface area contributed by atoms with Gasteiger partial charge < -0.3 is 4.42 Å². The molecule has 0 saturated heterocycles. The van der Waals surface area contributed by atoms with Crippen LogP contribution >= 0.6 is 0 Å². The zero-order valence-electron chi connectivity index (χ0n) is 35.1. The molecular formula is C53H55N3OSi+2. The summed E-state index contributed by atoms with van der Waals surface area (Å²) in [6, 6.07) is 43.2. The Morgan fingerprint density at radius 1 is 0.810 bits per heavy atom. The summed E-state index contributed by atoms with van der Waals surface area (Å²) in [6.45, 7) is 22.8. The van der Waals surface area contributed by atoms with E-state index < -0.39 is 8.07 Å². The molecule has 0 spiro atoms. The Balaban J connectivity index is 1.28. The number of furan rings is 1. The van der Waals surface area contributed by atoms with E-state index in [9.17, 15) is 0 Å². The van der Waals surface area contributed by atoms with Gasteiger partial charge in [-0.25, -0.2) is 4.57 Å². The summed E-state index contributed by atoms with van der Waals surface area (Å²) in [7, 11) is -1.71. The fraction of sp³-hybridized carbons (Fsp3) is 0.283. The van der Waals surface area contributed by atoms with Gasteiger partial charge in [0.05, 0.1) is 14.5 Å². The molecule has 10 rings (SSSR count). The lowest BCUT2D eigenvalue weighted by atomic mass is 9.76. The molecule has 0 N–H and O–H groups in total. The lowest BCUT2D eigenvalue weighted by Crippen LogP contribution is -2.54. The van der Waals surface area contributed by atoms with Crippen molar-refractivity contribution in [1.82, 2.24) is 4.57 Å². The van der Waals surface area contributed by atoms with E-state index >= 15 is 0 Å². The number of aromatic nitrogens is 3. The first-order valence-electron chi connectivity index (χ1n) is 21.4. The molecule has 2 aliphatic heterocycles. The Morgan fingerprint density at radius 2 is 1.57 bits per heavy atom. The molecule has 0 fully saturated rings. The summed E-state index contributed by atoms with van der Waals surface area (Å²) in [5.74, 6) is 2.34. The van der Waals surface area contributed by atoms with E-state index in [1.807, 2.05) is 0 Å². The smallest absolute Gasteiger partial charge is 0.299 e. The maximum atomic E-state index is 6.98. The van der Waals surface area contributed by atoms with E-state index in [1.165, 1.54) is 55.7 Å². The average Bonchev–Trinajstić information content (AvgIpc) is 3.75. The number of para-hydroxylation sites is 3. The number of rotatable bonds is 5. The second-order valence-corrected chi connectivity index (χ2v) is 23.7. The summed E-state index contributed by atoms with van der Waals surface area (Å²) >= 11 is 0. The third-order valence-corrected chi connectivity index (χ3v) is 15.3. The number of imidazole rings is 1. The van der Waals surface area contributed by atoms with Crippen LogP contribution in [0.5, 0.6) is 0 Å². The minimum Gasteiger partial charge on any atom is -0.455 e. The van der Waals surface area contributed by atoms with Gasteiger partial charge in [0.2, 0.25) is 5.69 Å². The predicted molar refractivity (Wildman–Crippen MR) is 244 cm³/mol. The fourth-order valence-electron chi connectivity index (χ4n) is 10.3.